The minimum atomic E-state index is -0.284. The van der Waals surface area contributed by atoms with Gasteiger partial charge in [0.05, 0.1) is 0 Å². The van der Waals surface area contributed by atoms with Gasteiger partial charge in [-0.3, -0.25) is 9.59 Å². The molecule has 0 aliphatic carbocycles. The third-order valence-electron chi connectivity index (χ3n) is 6.89. The molecular formula is C32H48NO4+. The summed E-state index contributed by atoms with van der Waals surface area (Å²) in [5.74, 6) is 0.0729. The van der Waals surface area contributed by atoms with Crippen LogP contribution in [-0.2, 0) is 9.59 Å². The molecule has 0 bridgehead atoms. The first-order chi connectivity index (χ1) is 17.8. The van der Waals surface area contributed by atoms with Gasteiger partial charge in [0.25, 0.3) is 0 Å². The number of nitrogens with zero attached hydrogens (tertiary/aromatic N) is 1. The standard InChI is InChI=1S/C32H48NO4/c1-7-9-11-13-15-17-31(34)36-29-20-19-28(27(6)33-25(4)21-24(3)22-26(33)5)23-30(29)37-32(35)18-16-14-12-10-8-2/h19-23,27H,7-18H2,1-6H3/q+1. The highest BCUT2D eigenvalue weighted by Gasteiger charge is 2.24. The molecule has 37 heavy (non-hydrogen) atoms. The third-order valence-corrected chi connectivity index (χ3v) is 6.89. The zero-order chi connectivity index (χ0) is 27.2. The number of hydrogen-bond donors (Lipinski definition) is 0. The van der Waals surface area contributed by atoms with Gasteiger partial charge in [-0.2, -0.15) is 4.57 Å². The summed E-state index contributed by atoms with van der Waals surface area (Å²) in [6, 6.07) is 9.94. The molecule has 0 aliphatic rings. The molecule has 0 aliphatic heterocycles. The second-order valence-electron chi connectivity index (χ2n) is 10.3. The van der Waals surface area contributed by atoms with Crippen molar-refractivity contribution in [3.8, 4) is 11.5 Å². The minimum Gasteiger partial charge on any atom is -0.423 e. The lowest BCUT2D eigenvalue weighted by molar-refractivity contribution is -0.721. The van der Waals surface area contributed by atoms with Gasteiger partial charge in [-0.15, -0.1) is 0 Å². The molecule has 1 aromatic carbocycles. The van der Waals surface area contributed by atoms with Gasteiger partial charge in [-0.1, -0.05) is 65.2 Å². The van der Waals surface area contributed by atoms with Crippen molar-refractivity contribution < 1.29 is 23.6 Å². The van der Waals surface area contributed by atoms with E-state index in [2.05, 4.69) is 58.2 Å². The van der Waals surface area contributed by atoms with E-state index in [1.54, 1.807) is 6.07 Å². The van der Waals surface area contributed by atoms with E-state index in [4.69, 9.17) is 9.47 Å². The molecule has 0 fully saturated rings. The minimum absolute atomic E-state index is 0.0235. The molecule has 0 saturated carbocycles. The summed E-state index contributed by atoms with van der Waals surface area (Å²) >= 11 is 0. The van der Waals surface area contributed by atoms with Crippen molar-refractivity contribution in [2.75, 3.05) is 0 Å². The lowest BCUT2D eigenvalue weighted by Gasteiger charge is -2.16. The van der Waals surface area contributed by atoms with Gasteiger partial charge in [0, 0.05) is 51.3 Å². The van der Waals surface area contributed by atoms with Gasteiger partial charge in [0.15, 0.2) is 28.9 Å². The molecule has 5 nitrogen and oxygen atoms in total. The van der Waals surface area contributed by atoms with Crippen LogP contribution in [0.3, 0.4) is 0 Å². The fourth-order valence-electron chi connectivity index (χ4n) is 4.92. The van der Waals surface area contributed by atoms with Gasteiger partial charge < -0.3 is 9.47 Å². The summed E-state index contributed by atoms with van der Waals surface area (Å²) in [6.07, 6.45) is 11.3. The predicted octanol–water partition coefficient (Wildman–Crippen LogP) is 8.04. The average molecular weight is 511 g/mol. The molecule has 0 radical (unpaired) electrons. The van der Waals surface area contributed by atoms with Crippen LogP contribution in [0.1, 0.15) is 126 Å². The molecule has 2 rings (SSSR count). The average Bonchev–Trinajstić information content (AvgIpc) is 2.84. The third kappa shape index (κ3) is 10.3. The molecule has 0 amide bonds. The van der Waals surface area contributed by atoms with Gasteiger partial charge >= 0.3 is 11.9 Å². The second-order valence-corrected chi connectivity index (χ2v) is 10.3. The zero-order valence-corrected chi connectivity index (χ0v) is 24.0. The van der Waals surface area contributed by atoms with E-state index >= 15 is 0 Å². The molecule has 1 heterocycles. The highest BCUT2D eigenvalue weighted by molar-refractivity contribution is 5.76. The van der Waals surface area contributed by atoms with Gasteiger partial charge in [-0.25, -0.2) is 0 Å². The summed E-state index contributed by atoms with van der Waals surface area (Å²) in [7, 11) is 0. The van der Waals surface area contributed by atoms with E-state index in [0.29, 0.717) is 24.3 Å². The van der Waals surface area contributed by atoms with E-state index in [-0.39, 0.29) is 18.0 Å². The van der Waals surface area contributed by atoms with Crippen molar-refractivity contribution >= 4 is 11.9 Å². The Morgan fingerprint density at radius 2 is 1.19 bits per heavy atom. The van der Waals surface area contributed by atoms with E-state index in [0.717, 1.165) is 55.5 Å². The maximum Gasteiger partial charge on any atom is 0.311 e. The normalized spacial score (nSPS) is 11.8. The highest BCUT2D eigenvalue weighted by Crippen LogP contribution is 2.32. The van der Waals surface area contributed by atoms with Crippen LogP contribution in [-0.4, -0.2) is 11.9 Å². The maximum absolute atomic E-state index is 12.7. The van der Waals surface area contributed by atoms with Crippen molar-refractivity contribution in [1.82, 2.24) is 0 Å². The summed E-state index contributed by atoms with van der Waals surface area (Å²) < 4.78 is 13.8. The number of hydrogen-bond acceptors (Lipinski definition) is 4. The van der Waals surface area contributed by atoms with E-state index < -0.39 is 0 Å². The lowest BCUT2D eigenvalue weighted by atomic mass is 10.0. The number of benzene rings is 1. The maximum atomic E-state index is 12.7. The first-order valence-electron chi connectivity index (χ1n) is 14.3. The van der Waals surface area contributed by atoms with Crippen LogP contribution in [0.2, 0.25) is 0 Å². The van der Waals surface area contributed by atoms with Crippen molar-refractivity contribution in [3.63, 3.8) is 0 Å². The van der Waals surface area contributed by atoms with Crippen LogP contribution in [0.15, 0.2) is 30.3 Å². The zero-order valence-electron chi connectivity index (χ0n) is 24.0. The Hall–Kier alpha value is -2.69. The number of pyridine rings is 1. The quantitative estimate of drug-likeness (QED) is 0.0992. The smallest absolute Gasteiger partial charge is 0.311 e. The van der Waals surface area contributed by atoms with Crippen molar-refractivity contribution in [1.29, 1.82) is 0 Å². The molecule has 0 saturated heterocycles. The van der Waals surface area contributed by atoms with Crippen molar-refractivity contribution in [2.24, 2.45) is 0 Å². The Labute approximate surface area is 224 Å². The number of ether oxygens (including phenoxy) is 2. The van der Waals surface area contributed by atoms with Crippen LogP contribution < -0.4 is 14.0 Å². The van der Waals surface area contributed by atoms with Gasteiger partial charge in [-0.05, 0) is 43.5 Å². The first kappa shape index (κ1) is 30.5. The van der Waals surface area contributed by atoms with Crippen molar-refractivity contribution in [2.45, 2.75) is 125 Å². The largest absolute Gasteiger partial charge is 0.423 e. The Kier molecular flexibility index (Phi) is 13.4. The summed E-state index contributed by atoms with van der Waals surface area (Å²) in [4.78, 5) is 25.2. The van der Waals surface area contributed by atoms with Crippen LogP contribution in [0, 0.1) is 20.8 Å². The molecule has 1 atom stereocenters. The Morgan fingerprint density at radius 3 is 1.70 bits per heavy atom. The van der Waals surface area contributed by atoms with Crippen LogP contribution in [0.4, 0.5) is 0 Å². The summed E-state index contributed by atoms with van der Waals surface area (Å²) in [5.41, 5.74) is 4.54. The molecule has 0 N–H and O–H groups in total. The number of unbranched alkanes of at least 4 members (excludes halogenated alkanes) is 8. The van der Waals surface area contributed by atoms with Gasteiger partial charge in [0.2, 0.25) is 0 Å². The molecule has 1 aromatic heterocycles. The van der Waals surface area contributed by atoms with Crippen molar-refractivity contribution in [3.05, 3.63) is 52.8 Å². The number of carbonyl (C=O) groups excluding carboxylic acids is 2. The topological polar surface area (TPSA) is 56.5 Å². The van der Waals surface area contributed by atoms with Gasteiger partial charge in [0.1, 0.15) is 0 Å². The molecule has 5 heteroatoms. The van der Waals surface area contributed by atoms with E-state index in [9.17, 15) is 9.59 Å². The van der Waals surface area contributed by atoms with E-state index in [1.807, 2.05) is 12.1 Å². The SMILES string of the molecule is CCCCCCCC(=O)Oc1ccc(C(C)[n+]2c(C)cc(C)cc2C)cc1OC(=O)CCCCCCC. The fraction of sp³-hybridized carbons (Fsp3) is 0.594. The number of aryl methyl sites for hydroxylation is 3. The summed E-state index contributed by atoms with van der Waals surface area (Å²) in [5, 5.41) is 0. The second kappa shape index (κ2) is 16.2. The monoisotopic (exact) mass is 510 g/mol. The molecular weight excluding hydrogens is 462 g/mol. The predicted molar refractivity (Wildman–Crippen MR) is 149 cm³/mol. The molecule has 2 aromatic rings. The molecule has 204 valence electrons. The number of carbonyl (C=O) groups is 2. The Balaban J connectivity index is 2.20. The lowest BCUT2D eigenvalue weighted by Crippen LogP contribution is -2.44. The van der Waals surface area contributed by atoms with E-state index in [1.165, 1.54) is 31.2 Å². The van der Waals surface area contributed by atoms with Crippen LogP contribution in [0.5, 0.6) is 11.5 Å². The molecule has 0 spiro atoms. The van der Waals surface area contributed by atoms with Crippen LogP contribution >= 0.6 is 0 Å². The number of esters is 2. The highest BCUT2D eigenvalue weighted by atomic mass is 16.6. The number of rotatable bonds is 16. The van der Waals surface area contributed by atoms with Crippen LogP contribution in [0.25, 0.3) is 0 Å². The molecule has 1 unspecified atom stereocenters. The Bertz CT molecular complexity index is 991. The summed E-state index contributed by atoms with van der Waals surface area (Å²) in [6.45, 7) is 12.8. The number of aromatic nitrogens is 1. The first-order valence-corrected chi connectivity index (χ1v) is 14.3. The fourth-order valence-corrected chi connectivity index (χ4v) is 4.92. The Morgan fingerprint density at radius 1 is 0.703 bits per heavy atom.